The molecule has 1 aromatic carbocycles. The Bertz CT molecular complexity index is 430. The van der Waals surface area contributed by atoms with E-state index < -0.39 is 10.7 Å². The number of nitro benzene ring substituents is 1. The van der Waals surface area contributed by atoms with Gasteiger partial charge in [-0.25, -0.2) is 4.39 Å². The summed E-state index contributed by atoms with van der Waals surface area (Å²) in [5.41, 5.74) is 5.74. The van der Waals surface area contributed by atoms with Crippen molar-refractivity contribution in [2.75, 3.05) is 6.54 Å². The van der Waals surface area contributed by atoms with Crippen LogP contribution in [0.3, 0.4) is 0 Å². The summed E-state index contributed by atoms with van der Waals surface area (Å²) in [5.74, 6) is -0.462. The normalized spacial score (nSPS) is 10.9. The van der Waals surface area contributed by atoms with Crippen molar-refractivity contribution in [2.45, 2.75) is 13.3 Å². The van der Waals surface area contributed by atoms with Crippen LogP contribution in [-0.2, 0) is 0 Å². The first-order valence-corrected chi connectivity index (χ1v) is 4.87. The van der Waals surface area contributed by atoms with Crippen LogP contribution in [0.1, 0.15) is 17.5 Å². The molecule has 0 unspecified atom stereocenters. The van der Waals surface area contributed by atoms with E-state index in [1.165, 1.54) is 25.1 Å². The molecule has 0 saturated heterocycles. The molecule has 0 aliphatic rings. The minimum absolute atomic E-state index is 0.0752. The number of nitrogens with two attached hydrogens (primary N) is 1. The van der Waals surface area contributed by atoms with E-state index in [-0.39, 0.29) is 11.3 Å². The van der Waals surface area contributed by atoms with Gasteiger partial charge in [-0.2, -0.15) is 0 Å². The van der Waals surface area contributed by atoms with E-state index >= 15 is 0 Å². The van der Waals surface area contributed by atoms with E-state index in [1.54, 1.807) is 6.08 Å². The van der Waals surface area contributed by atoms with E-state index in [2.05, 4.69) is 0 Å². The first-order valence-electron chi connectivity index (χ1n) is 4.87. The molecule has 0 fully saturated rings. The second kappa shape index (κ2) is 5.37. The third-order valence-corrected chi connectivity index (χ3v) is 2.14. The van der Waals surface area contributed by atoms with Crippen molar-refractivity contribution in [3.8, 4) is 0 Å². The van der Waals surface area contributed by atoms with Crippen molar-refractivity contribution >= 4 is 11.8 Å². The van der Waals surface area contributed by atoms with Gasteiger partial charge in [0.25, 0.3) is 5.69 Å². The zero-order valence-electron chi connectivity index (χ0n) is 8.94. The highest BCUT2D eigenvalue weighted by Crippen LogP contribution is 2.23. The van der Waals surface area contributed by atoms with Gasteiger partial charge in [-0.1, -0.05) is 12.2 Å². The van der Waals surface area contributed by atoms with Crippen molar-refractivity contribution in [3.63, 3.8) is 0 Å². The van der Waals surface area contributed by atoms with Gasteiger partial charge in [0.2, 0.25) is 0 Å². The average Bonchev–Trinajstić information content (AvgIpc) is 2.21. The Morgan fingerprint density at radius 2 is 2.25 bits per heavy atom. The molecule has 0 atom stereocenters. The van der Waals surface area contributed by atoms with E-state index in [0.717, 1.165) is 0 Å². The summed E-state index contributed by atoms with van der Waals surface area (Å²) in [4.78, 5) is 10.1. The summed E-state index contributed by atoms with van der Waals surface area (Å²) in [6.07, 6.45) is 3.81. The molecule has 5 heteroatoms. The lowest BCUT2D eigenvalue weighted by molar-refractivity contribution is -0.385. The van der Waals surface area contributed by atoms with Gasteiger partial charge in [-0.3, -0.25) is 10.1 Å². The minimum atomic E-state index is -0.519. The lowest BCUT2D eigenvalue weighted by atomic mass is 10.1. The molecule has 0 heterocycles. The van der Waals surface area contributed by atoms with Gasteiger partial charge in [-0.15, -0.1) is 0 Å². The SMILES string of the molecule is Cc1cc(F)c(C=CCCN)cc1[N+](=O)[O-]. The highest BCUT2D eigenvalue weighted by Gasteiger charge is 2.13. The van der Waals surface area contributed by atoms with Crippen LogP contribution in [0.2, 0.25) is 0 Å². The number of hydrogen-bond donors (Lipinski definition) is 1. The Balaban J connectivity index is 3.09. The highest BCUT2D eigenvalue weighted by molar-refractivity contribution is 5.56. The van der Waals surface area contributed by atoms with Crippen molar-refractivity contribution in [2.24, 2.45) is 5.73 Å². The topological polar surface area (TPSA) is 69.2 Å². The molecule has 0 aromatic heterocycles. The predicted molar refractivity (Wildman–Crippen MR) is 60.5 cm³/mol. The molecule has 0 bridgehead atoms. The Kier molecular flexibility index (Phi) is 4.13. The zero-order chi connectivity index (χ0) is 12.1. The third kappa shape index (κ3) is 2.87. The van der Waals surface area contributed by atoms with E-state index in [4.69, 9.17) is 5.73 Å². The van der Waals surface area contributed by atoms with Crippen molar-refractivity contribution in [3.05, 3.63) is 45.3 Å². The Hall–Kier alpha value is -1.75. The average molecular weight is 224 g/mol. The molecule has 86 valence electrons. The van der Waals surface area contributed by atoms with Crippen molar-refractivity contribution in [1.29, 1.82) is 0 Å². The second-order valence-corrected chi connectivity index (χ2v) is 3.40. The zero-order valence-corrected chi connectivity index (χ0v) is 8.94. The number of benzene rings is 1. The molecule has 1 aromatic rings. The van der Waals surface area contributed by atoms with Gasteiger partial charge in [-0.05, 0) is 26.0 Å². The molecule has 0 aliphatic carbocycles. The number of rotatable bonds is 4. The Labute approximate surface area is 92.7 Å². The largest absolute Gasteiger partial charge is 0.330 e. The number of nitro groups is 1. The Morgan fingerprint density at radius 3 is 2.81 bits per heavy atom. The fourth-order valence-corrected chi connectivity index (χ4v) is 1.31. The van der Waals surface area contributed by atoms with Gasteiger partial charge < -0.3 is 5.73 Å². The quantitative estimate of drug-likeness (QED) is 0.630. The molecule has 0 radical (unpaired) electrons. The molecular formula is C11H13FN2O2. The van der Waals surface area contributed by atoms with Crippen LogP contribution < -0.4 is 5.73 Å². The van der Waals surface area contributed by atoms with Gasteiger partial charge >= 0.3 is 0 Å². The van der Waals surface area contributed by atoms with Gasteiger partial charge in [0.1, 0.15) is 5.82 Å². The monoisotopic (exact) mass is 224 g/mol. The maximum atomic E-state index is 13.4. The molecule has 2 N–H and O–H groups in total. The van der Waals surface area contributed by atoms with Crippen LogP contribution in [0.4, 0.5) is 10.1 Å². The highest BCUT2D eigenvalue weighted by atomic mass is 19.1. The molecule has 16 heavy (non-hydrogen) atoms. The fraction of sp³-hybridized carbons (Fsp3) is 0.273. The van der Waals surface area contributed by atoms with E-state index in [9.17, 15) is 14.5 Å². The van der Waals surface area contributed by atoms with E-state index in [0.29, 0.717) is 18.5 Å². The minimum Gasteiger partial charge on any atom is -0.330 e. The third-order valence-electron chi connectivity index (χ3n) is 2.14. The van der Waals surface area contributed by atoms with Crippen LogP contribution in [0.25, 0.3) is 6.08 Å². The number of nitrogens with zero attached hydrogens (tertiary/aromatic N) is 1. The van der Waals surface area contributed by atoms with Crippen LogP contribution in [0.15, 0.2) is 18.2 Å². The van der Waals surface area contributed by atoms with Crippen molar-refractivity contribution < 1.29 is 9.31 Å². The summed E-state index contributed by atoms with van der Waals surface area (Å²) < 4.78 is 13.4. The molecule has 4 nitrogen and oxygen atoms in total. The summed E-state index contributed by atoms with van der Waals surface area (Å²) in [6.45, 7) is 1.97. The van der Waals surface area contributed by atoms with Gasteiger partial charge in [0, 0.05) is 17.2 Å². The smallest absolute Gasteiger partial charge is 0.273 e. The maximum absolute atomic E-state index is 13.4. The first kappa shape index (κ1) is 12.3. The lowest BCUT2D eigenvalue weighted by Gasteiger charge is -2.01. The Morgan fingerprint density at radius 1 is 1.56 bits per heavy atom. The maximum Gasteiger partial charge on any atom is 0.273 e. The van der Waals surface area contributed by atoms with E-state index in [1.807, 2.05) is 0 Å². The molecule has 0 spiro atoms. The summed E-state index contributed by atoms with van der Waals surface area (Å²) in [6, 6.07) is 2.40. The number of halogens is 1. The molecule has 0 saturated carbocycles. The summed E-state index contributed by atoms with van der Waals surface area (Å²) in [7, 11) is 0. The fourth-order valence-electron chi connectivity index (χ4n) is 1.31. The lowest BCUT2D eigenvalue weighted by Crippen LogP contribution is -1.96. The first-order chi connectivity index (χ1) is 7.56. The van der Waals surface area contributed by atoms with Crippen LogP contribution >= 0.6 is 0 Å². The van der Waals surface area contributed by atoms with Crippen LogP contribution in [0, 0.1) is 22.9 Å². The molecule has 1 rings (SSSR count). The van der Waals surface area contributed by atoms with Crippen LogP contribution in [-0.4, -0.2) is 11.5 Å². The summed E-state index contributed by atoms with van der Waals surface area (Å²) in [5, 5.41) is 10.7. The van der Waals surface area contributed by atoms with Crippen molar-refractivity contribution in [1.82, 2.24) is 0 Å². The standard InChI is InChI=1S/C11H13FN2O2/c1-8-6-10(12)9(4-2-3-5-13)7-11(8)14(15)16/h2,4,6-7H,3,5,13H2,1H3. The predicted octanol–water partition coefficient (Wildman–Crippen LogP) is 2.40. The summed E-state index contributed by atoms with van der Waals surface area (Å²) >= 11 is 0. The van der Waals surface area contributed by atoms with Crippen LogP contribution in [0.5, 0.6) is 0 Å². The number of hydrogen-bond acceptors (Lipinski definition) is 3. The van der Waals surface area contributed by atoms with Gasteiger partial charge in [0.15, 0.2) is 0 Å². The number of aryl methyl sites for hydroxylation is 1. The van der Waals surface area contributed by atoms with Gasteiger partial charge in [0.05, 0.1) is 4.92 Å². The molecular weight excluding hydrogens is 211 g/mol. The molecule has 0 aliphatic heterocycles. The second-order valence-electron chi connectivity index (χ2n) is 3.40. The molecule has 0 amide bonds.